The molecule has 0 amide bonds. The van der Waals surface area contributed by atoms with Crippen LogP contribution in [0.5, 0.6) is 11.5 Å². The molecule has 0 aliphatic heterocycles. The van der Waals surface area contributed by atoms with Crippen LogP contribution in [0, 0.1) is 17.5 Å². The molecule has 6 nitrogen and oxygen atoms in total. The van der Waals surface area contributed by atoms with E-state index in [4.69, 9.17) is 9.47 Å². The first-order valence-electron chi connectivity index (χ1n) is 9.76. The molecule has 1 N–H and O–H groups in total. The first-order chi connectivity index (χ1) is 16.0. The van der Waals surface area contributed by atoms with Gasteiger partial charge in [-0.2, -0.15) is 0 Å². The number of rotatable bonds is 8. The highest BCUT2D eigenvalue weighted by molar-refractivity contribution is 7.98. The van der Waals surface area contributed by atoms with Gasteiger partial charge in [-0.05, 0) is 48.5 Å². The molecular formula is C23H19F3N4O2S. The van der Waals surface area contributed by atoms with Gasteiger partial charge in [0.1, 0.15) is 17.5 Å². The molecule has 0 fully saturated rings. The van der Waals surface area contributed by atoms with Crippen LogP contribution in [0.3, 0.4) is 0 Å². The van der Waals surface area contributed by atoms with Crippen molar-refractivity contribution in [3.05, 3.63) is 83.7 Å². The van der Waals surface area contributed by atoms with Crippen LogP contribution in [-0.4, -0.2) is 29.0 Å². The Kier molecular flexibility index (Phi) is 6.74. The number of aromatic nitrogens is 3. The van der Waals surface area contributed by atoms with Crippen LogP contribution in [0.25, 0.3) is 5.69 Å². The molecule has 0 radical (unpaired) electrons. The maximum Gasteiger partial charge on any atom is 0.234 e. The third-order valence-electron chi connectivity index (χ3n) is 4.77. The summed E-state index contributed by atoms with van der Waals surface area (Å²) in [5.41, 5.74) is 1.14. The number of hydrogen-bond acceptors (Lipinski definition) is 6. The van der Waals surface area contributed by atoms with Gasteiger partial charge >= 0.3 is 0 Å². The smallest absolute Gasteiger partial charge is 0.234 e. The average molecular weight is 472 g/mol. The number of halogens is 3. The fraction of sp³-hybridized carbons (Fsp3) is 0.130. The van der Waals surface area contributed by atoms with E-state index >= 15 is 0 Å². The van der Waals surface area contributed by atoms with Crippen LogP contribution in [-0.2, 0) is 5.75 Å². The monoisotopic (exact) mass is 472 g/mol. The molecule has 0 saturated heterocycles. The standard InChI is InChI=1S/C23H19F3N4O2S/c1-31-20-11-8-15(12-21(20)32-2)27-22-28-29-23(30(22)16-9-6-14(24)7-10-16)33-13-17-18(25)4-3-5-19(17)26/h3-12H,13H2,1-2H3,(H,27,28). The topological polar surface area (TPSA) is 61.2 Å². The molecule has 1 heterocycles. The van der Waals surface area contributed by atoms with Gasteiger partial charge in [0.2, 0.25) is 5.95 Å². The Labute approximate surface area is 192 Å². The fourth-order valence-electron chi connectivity index (χ4n) is 3.12. The molecule has 33 heavy (non-hydrogen) atoms. The molecule has 170 valence electrons. The van der Waals surface area contributed by atoms with Crippen molar-refractivity contribution in [2.45, 2.75) is 10.9 Å². The molecule has 0 bridgehead atoms. The predicted molar refractivity (Wildman–Crippen MR) is 120 cm³/mol. The largest absolute Gasteiger partial charge is 0.493 e. The summed E-state index contributed by atoms with van der Waals surface area (Å²) in [6.07, 6.45) is 0. The van der Waals surface area contributed by atoms with Crippen molar-refractivity contribution >= 4 is 23.4 Å². The van der Waals surface area contributed by atoms with Crippen LogP contribution in [0.15, 0.2) is 65.8 Å². The van der Waals surface area contributed by atoms with Crippen molar-refractivity contribution in [2.24, 2.45) is 0 Å². The molecular weight excluding hydrogens is 453 g/mol. The summed E-state index contributed by atoms with van der Waals surface area (Å²) in [6.45, 7) is 0. The quantitative estimate of drug-likeness (QED) is 0.330. The second-order valence-electron chi connectivity index (χ2n) is 6.80. The molecule has 0 atom stereocenters. The second kappa shape index (κ2) is 9.86. The number of nitrogens with one attached hydrogen (secondary N) is 1. The van der Waals surface area contributed by atoms with Crippen LogP contribution in [0.4, 0.5) is 24.8 Å². The second-order valence-corrected chi connectivity index (χ2v) is 7.74. The highest BCUT2D eigenvalue weighted by Crippen LogP contribution is 2.33. The van der Waals surface area contributed by atoms with Crippen LogP contribution >= 0.6 is 11.8 Å². The number of thioether (sulfide) groups is 1. The molecule has 10 heteroatoms. The van der Waals surface area contributed by atoms with E-state index in [1.807, 2.05) is 0 Å². The Hall–Kier alpha value is -3.66. The molecule has 0 aliphatic rings. The van der Waals surface area contributed by atoms with Gasteiger partial charge in [0.25, 0.3) is 0 Å². The highest BCUT2D eigenvalue weighted by atomic mass is 32.2. The highest BCUT2D eigenvalue weighted by Gasteiger charge is 2.18. The zero-order chi connectivity index (χ0) is 23.4. The fourth-order valence-corrected chi connectivity index (χ4v) is 4.09. The summed E-state index contributed by atoms with van der Waals surface area (Å²) < 4.78 is 53.9. The van der Waals surface area contributed by atoms with E-state index < -0.39 is 17.5 Å². The van der Waals surface area contributed by atoms with Crippen molar-refractivity contribution < 1.29 is 22.6 Å². The zero-order valence-corrected chi connectivity index (χ0v) is 18.5. The van der Waals surface area contributed by atoms with Crippen molar-refractivity contribution in [1.29, 1.82) is 0 Å². The summed E-state index contributed by atoms with van der Waals surface area (Å²) in [4.78, 5) is 0. The number of anilines is 2. The van der Waals surface area contributed by atoms with Crippen LogP contribution < -0.4 is 14.8 Å². The minimum absolute atomic E-state index is 0.00576. The summed E-state index contributed by atoms with van der Waals surface area (Å²) in [5, 5.41) is 11.9. The van der Waals surface area contributed by atoms with Gasteiger partial charge in [0.15, 0.2) is 16.7 Å². The number of nitrogens with zero attached hydrogens (tertiary/aromatic N) is 3. The first kappa shape index (κ1) is 22.5. The van der Waals surface area contributed by atoms with Gasteiger partial charge < -0.3 is 14.8 Å². The van der Waals surface area contributed by atoms with Crippen molar-refractivity contribution in [2.75, 3.05) is 19.5 Å². The van der Waals surface area contributed by atoms with Gasteiger partial charge in [-0.3, -0.25) is 4.57 Å². The van der Waals surface area contributed by atoms with Crippen molar-refractivity contribution in [3.63, 3.8) is 0 Å². The van der Waals surface area contributed by atoms with E-state index in [1.165, 1.54) is 44.6 Å². The SMILES string of the molecule is COc1ccc(Nc2nnc(SCc3c(F)cccc3F)n2-c2ccc(F)cc2)cc1OC. The summed E-state index contributed by atoms with van der Waals surface area (Å²) >= 11 is 1.10. The molecule has 0 spiro atoms. The van der Waals surface area contributed by atoms with E-state index in [0.29, 0.717) is 34.0 Å². The van der Waals surface area contributed by atoms with Gasteiger partial charge in [0, 0.05) is 23.1 Å². The Morgan fingerprint density at radius 3 is 2.24 bits per heavy atom. The van der Waals surface area contributed by atoms with Crippen LogP contribution in [0.1, 0.15) is 5.56 Å². The van der Waals surface area contributed by atoms with E-state index in [-0.39, 0.29) is 11.3 Å². The molecule has 4 rings (SSSR count). The Morgan fingerprint density at radius 1 is 0.879 bits per heavy atom. The minimum atomic E-state index is -0.640. The molecule has 0 aliphatic carbocycles. The van der Waals surface area contributed by atoms with E-state index in [1.54, 1.807) is 34.9 Å². The molecule has 0 unspecified atom stereocenters. The van der Waals surface area contributed by atoms with Gasteiger partial charge in [-0.25, -0.2) is 13.2 Å². The molecule has 4 aromatic rings. The maximum absolute atomic E-state index is 14.1. The minimum Gasteiger partial charge on any atom is -0.493 e. The normalized spacial score (nSPS) is 10.8. The molecule has 1 aromatic heterocycles. The van der Waals surface area contributed by atoms with Gasteiger partial charge in [0.05, 0.1) is 19.9 Å². The molecule has 3 aromatic carbocycles. The van der Waals surface area contributed by atoms with E-state index in [0.717, 1.165) is 11.8 Å². The number of hydrogen-bond donors (Lipinski definition) is 1. The zero-order valence-electron chi connectivity index (χ0n) is 17.7. The Morgan fingerprint density at radius 2 is 1.58 bits per heavy atom. The Bertz CT molecular complexity index is 1250. The lowest BCUT2D eigenvalue weighted by Gasteiger charge is -2.13. The van der Waals surface area contributed by atoms with Gasteiger partial charge in [-0.15, -0.1) is 10.2 Å². The predicted octanol–water partition coefficient (Wildman–Crippen LogP) is 5.74. The number of ether oxygens (including phenoxy) is 2. The van der Waals surface area contributed by atoms with E-state index in [2.05, 4.69) is 15.5 Å². The van der Waals surface area contributed by atoms with Gasteiger partial charge in [-0.1, -0.05) is 17.8 Å². The lowest BCUT2D eigenvalue weighted by molar-refractivity contribution is 0.355. The number of methoxy groups -OCH3 is 2. The lowest BCUT2D eigenvalue weighted by Crippen LogP contribution is -2.04. The lowest BCUT2D eigenvalue weighted by atomic mass is 10.2. The molecule has 0 saturated carbocycles. The maximum atomic E-state index is 14.1. The van der Waals surface area contributed by atoms with Crippen LogP contribution in [0.2, 0.25) is 0 Å². The third kappa shape index (κ3) is 4.90. The third-order valence-corrected chi connectivity index (χ3v) is 5.72. The number of benzene rings is 3. The Balaban J connectivity index is 1.69. The summed E-state index contributed by atoms with van der Waals surface area (Å²) in [7, 11) is 3.07. The summed E-state index contributed by atoms with van der Waals surface area (Å²) in [5.74, 6) is -0.285. The van der Waals surface area contributed by atoms with E-state index in [9.17, 15) is 13.2 Å². The van der Waals surface area contributed by atoms with Crippen molar-refractivity contribution in [3.8, 4) is 17.2 Å². The average Bonchev–Trinajstić information content (AvgIpc) is 3.21. The van der Waals surface area contributed by atoms with Crippen molar-refractivity contribution in [1.82, 2.24) is 14.8 Å². The first-order valence-corrected chi connectivity index (χ1v) is 10.7. The summed E-state index contributed by atoms with van der Waals surface area (Å²) in [6, 6.07) is 14.7.